The first kappa shape index (κ1) is 27.3. The van der Waals surface area contributed by atoms with Crippen molar-refractivity contribution in [1.82, 2.24) is 15.1 Å². The van der Waals surface area contributed by atoms with Gasteiger partial charge >= 0.3 is 6.18 Å². The number of rotatable bonds is 5. The zero-order chi connectivity index (χ0) is 27.6. The van der Waals surface area contributed by atoms with Crippen LogP contribution in [-0.2, 0) is 12.6 Å². The molecule has 0 aliphatic carbocycles. The molecular weight excluding hydrogens is 550 g/mol. The maximum absolute atomic E-state index is 14.0. The van der Waals surface area contributed by atoms with Crippen molar-refractivity contribution in [2.24, 2.45) is 4.99 Å². The molecule has 12 heteroatoms. The molecule has 0 fully saturated rings. The Hall–Kier alpha value is -3.76. The molecule has 1 aromatic heterocycles. The maximum atomic E-state index is 14.0. The molecule has 1 N–H and O–H groups in total. The Morgan fingerprint density at radius 2 is 1.68 bits per heavy atom. The lowest BCUT2D eigenvalue weighted by Gasteiger charge is -2.13. The molecule has 0 atom stereocenters. The highest BCUT2D eigenvalue weighted by Gasteiger charge is 2.38. The largest absolute Gasteiger partial charge is 0.435 e. The van der Waals surface area contributed by atoms with Crippen LogP contribution < -0.4 is 5.32 Å². The van der Waals surface area contributed by atoms with Crippen LogP contribution in [0.3, 0.4) is 0 Å². The molecule has 0 unspecified atom stereocenters. The van der Waals surface area contributed by atoms with Crippen LogP contribution in [-0.4, -0.2) is 21.5 Å². The Morgan fingerprint density at radius 3 is 2.32 bits per heavy atom. The first-order valence-electron chi connectivity index (χ1n) is 10.9. The summed E-state index contributed by atoms with van der Waals surface area (Å²) in [5.74, 6) is -2.08. The minimum absolute atomic E-state index is 0.0107. The molecule has 0 saturated heterocycles. The Morgan fingerprint density at radius 1 is 0.974 bits per heavy atom. The molecule has 4 rings (SSSR count). The van der Waals surface area contributed by atoms with Gasteiger partial charge < -0.3 is 5.32 Å². The molecule has 0 aliphatic rings. The van der Waals surface area contributed by atoms with Gasteiger partial charge in [0.05, 0.1) is 17.1 Å². The van der Waals surface area contributed by atoms with Gasteiger partial charge in [-0.1, -0.05) is 29.3 Å². The van der Waals surface area contributed by atoms with Crippen LogP contribution in [0.15, 0.2) is 71.7 Å². The van der Waals surface area contributed by atoms with Gasteiger partial charge in [0.15, 0.2) is 5.69 Å². The van der Waals surface area contributed by atoms with E-state index < -0.39 is 29.4 Å². The summed E-state index contributed by atoms with van der Waals surface area (Å²) >= 11 is 11.9. The fourth-order valence-corrected chi connectivity index (χ4v) is 4.07. The molecular formula is C26H17Cl2F5N4O. The minimum Gasteiger partial charge on any atom is -0.310 e. The van der Waals surface area contributed by atoms with Crippen molar-refractivity contribution in [1.29, 1.82) is 0 Å². The Bertz CT molecular complexity index is 1510. The second kappa shape index (κ2) is 10.9. The standard InChI is InChI=1S/C26H17Cl2F5N4O/c1-14-22(37(36-24(14)26(31,32)33)21-7-5-18(29)6-8-21)13-23(34-20-11-17(28)10-19(30)12-20)35-25(38)15-3-2-4-16(27)9-15/h2-12H,13H2,1H3,(H,34,35,38). The fourth-order valence-electron chi connectivity index (χ4n) is 3.67. The van der Waals surface area contributed by atoms with E-state index in [0.29, 0.717) is 0 Å². The van der Waals surface area contributed by atoms with Gasteiger partial charge in [-0.3, -0.25) is 4.79 Å². The molecule has 0 bridgehead atoms. The van der Waals surface area contributed by atoms with Crippen molar-refractivity contribution < 1.29 is 26.7 Å². The topological polar surface area (TPSA) is 59.3 Å². The molecule has 0 aliphatic heterocycles. The van der Waals surface area contributed by atoms with Gasteiger partial charge in [0.2, 0.25) is 0 Å². The Labute approximate surface area is 223 Å². The molecule has 196 valence electrons. The van der Waals surface area contributed by atoms with Gasteiger partial charge in [-0.25, -0.2) is 18.5 Å². The lowest BCUT2D eigenvalue weighted by Crippen LogP contribution is -2.32. The van der Waals surface area contributed by atoms with Crippen LogP contribution in [0.2, 0.25) is 10.0 Å². The van der Waals surface area contributed by atoms with Crippen LogP contribution in [0.1, 0.15) is 27.3 Å². The maximum Gasteiger partial charge on any atom is 0.435 e. The third-order valence-electron chi connectivity index (χ3n) is 5.37. The lowest BCUT2D eigenvalue weighted by molar-refractivity contribution is -0.141. The third kappa shape index (κ3) is 6.38. The zero-order valence-corrected chi connectivity index (χ0v) is 21.0. The van der Waals surface area contributed by atoms with Gasteiger partial charge in [0.25, 0.3) is 5.91 Å². The quantitative estimate of drug-likeness (QED) is 0.154. The number of carbonyl (C=O) groups excluding carboxylic acids is 1. The molecule has 1 heterocycles. The van der Waals surface area contributed by atoms with Crippen molar-refractivity contribution in [2.75, 3.05) is 0 Å². The average Bonchev–Trinajstić information content (AvgIpc) is 3.15. The van der Waals surface area contributed by atoms with Crippen LogP contribution in [0.25, 0.3) is 5.69 Å². The molecule has 3 aromatic carbocycles. The van der Waals surface area contributed by atoms with E-state index >= 15 is 0 Å². The number of aromatic nitrogens is 2. The highest BCUT2D eigenvalue weighted by atomic mass is 35.5. The summed E-state index contributed by atoms with van der Waals surface area (Å²) in [7, 11) is 0. The number of nitrogens with zero attached hydrogens (tertiary/aromatic N) is 3. The monoisotopic (exact) mass is 566 g/mol. The summed E-state index contributed by atoms with van der Waals surface area (Å²) in [4.78, 5) is 17.2. The van der Waals surface area contributed by atoms with Gasteiger partial charge in [-0.15, -0.1) is 0 Å². The minimum atomic E-state index is -4.79. The second-order valence-electron chi connectivity index (χ2n) is 8.13. The summed E-state index contributed by atoms with van der Waals surface area (Å²) in [5, 5.41) is 6.59. The smallest absolute Gasteiger partial charge is 0.310 e. The summed E-state index contributed by atoms with van der Waals surface area (Å²) < 4.78 is 69.7. The van der Waals surface area contributed by atoms with E-state index in [9.17, 15) is 26.7 Å². The van der Waals surface area contributed by atoms with Crippen LogP contribution in [0.5, 0.6) is 0 Å². The second-order valence-corrected chi connectivity index (χ2v) is 9.01. The first-order valence-corrected chi connectivity index (χ1v) is 11.7. The van der Waals surface area contributed by atoms with Crippen molar-refractivity contribution >= 4 is 40.6 Å². The lowest BCUT2D eigenvalue weighted by atomic mass is 10.1. The highest BCUT2D eigenvalue weighted by Crippen LogP contribution is 2.33. The van der Waals surface area contributed by atoms with E-state index in [4.69, 9.17) is 23.2 Å². The predicted octanol–water partition coefficient (Wildman–Crippen LogP) is 7.49. The van der Waals surface area contributed by atoms with E-state index in [1.807, 2.05) is 0 Å². The number of hydrogen-bond donors (Lipinski definition) is 1. The molecule has 4 aromatic rings. The number of aliphatic imine (C=N–C) groups is 1. The van der Waals surface area contributed by atoms with Gasteiger partial charge in [-0.2, -0.15) is 18.3 Å². The van der Waals surface area contributed by atoms with Gasteiger partial charge in [0.1, 0.15) is 17.5 Å². The van der Waals surface area contributed by atoms with Crippen molar-refractivity contribution in [3.05, 3.63) is 111 Å². The number of halogens is 7. The summed E-state index contributed by atoms with van der Waals surface area (Å²) in [6.07, 6.45) is -5.16. The summed E-state index contributed by atoms with van der Waals surface area (Å²) in [6.45, 7) is 1.22. The highest BCUT2D eigenvalue weighted by molar-refractivity contribution is 6.31. The van der Waals surface area contributed by atoms with E-state index in [0.717, 1.165) is 28.9 Å². The van der Waals surface area contributed by atoms with Crippen LogP contribution >= 0.6 is 23.2 Å². The molecule has 38 heavy (non-hydrogen) atoms. The molecule has 0 radical (unpaired) electrons. The van der Waals surface area contributed by atoms with Crippen molar-refractivity contribution in [3.8, 4) is 5.69 Å². The van der Waals surface area contributed by atoms with Gasteiger partial charge in [0, 0.05) is 27.6 Å². The number of nitrogens with one attached hydrogen (secondary N) is 1. The third-order valence-corrected chi connectivity index (χ3v) is 5.83. The molecule has 5 nitrogen and oxygen atoms in total. The van der Waals surface area contributed by atoms with Gasteiger partial charge in [-0.05, 0) is 67.6 Å². The number of hydrogen-bond acceptors (Lipinski definition) is 3. The van der Waals surface area contributed by atoms with Crippen LogP contribution in [0.4, 0.5) is 27.6 Å². The number of amidine groups is 1. The summed E-state index contributed by atoms with van der Waals surface area (Å²) in [5.41, 5.74) is -1.07. The molecule has 1 amide bonds. The Balaban J connectivity index is 1.83. The summed E-state index contributed by atoms with van der Waals surface area (Å²) in [6, 6.07) is 14.1. The number of amides is 1. The zero-order valence-electron chi connectivity index (χ0n) is 19.5. The molecule has 0 spiro atoms. The van der Waals surface area contributed by atoms with E-state index in [-0.39, 0.29) is 50.5 Å². The predicted molar refractivity (Wildman–Crippen MR) is 134 cm³/mol. The molecule has 0 saturated carbocycles. The number of benzene rings is 3. The average molecular weight is 567 g/mol. The Kier molecular flexibility index (Phi) is 7.84. The fraction of sp³-hybridized carbons (Fsp3) is 0.115. The first-order chi connectivity index (χ1) is 17.9. The van der Waals surface area contributed by atoms with Crippen molar-refractivity contribution in [3.63, 3.8) is 0 Å². The normalized spacial score (nSPS) is 12.1. The number of alkyl halides is 3. The SMILES string of the molecule is Cc1c(C(F)(F)F)nn(-c2ccc(F)cc2)c1CC(=Nc1cc(F)cc(Cl)c1)NC(=O)c1cccc(Cl)c1. The van der Waals surface area contributed by atoms with E-state index in [1.165, 1.54) is 37.3 Å². The van der Waals surface area contributed by atoms with E-state index in [2.05, 4.69) is 15.4 Å². The van der Waals surface area contributed by atoms with E-state index in [1.54, 1.807) is 12.1 Å². The number of carbonyl (C=O) groups is 1. The van der Waals surface area contributed by atoms with Crippen molar-refractivity contribution in [2.45, 2.75) is 19.5 Å². The van der Waals surface area contributed by atoms with Crippen LogP contribution in [0, 0.1) is 18.6 Å².